The van der Waals surface area contributed by atoms with Crippen molar-refractivity contribution in [3.8, 4) is 11.1 Å². The van der Waals surface area contributed by atoms with Crippen LogP contribution in [0.2, 0.25) is 26.2 Å². The molecule has 0 saturated carbocycles. The summed E-state index contributed by atoms with van der Waals surface area (Å²) in [5.41, 5.74) is 7.71. The summed E-state index contributed by atoms with van der Waals surface area (Å²) in [7, 11) is -3.96. The van der Waals surface area contributed by atoms with Gasteiger partial charge in [-0.25, -0.2) is 0 Å². The van der Waals surface area contributed by atoms with Crippen LogP contribution in [-0.4, -0.2) is 29.8 Å². The third-order valence-electron chi connectivity index (χ3n) is 7.54. The number of rotatable bonds is 10. The van der Waals surface area contributed by atoms with Crippen LogP contribution in [0, 0.1) is 0 Å². The van der Waals surface area contributed by atoms with Crippen molar-refractivity contribution in [2.75, 3.05) is 13.2 Å². The molecule has 0 amide bonds. The van der Waals surface area contributed by atoms with Gasteiger partial charge in [-0.3, -0.25) is 0 Å². The summed E-state index contributed by atoms with van der Waals surface area (Å²) in [6.07, 6.45) is 0. The molecule has 0 aliphatic heterocycles. The van der Waals surface area contributed by atoms with Crippen molar-refractivity contribution in [2.45, 2.75) is 43.7 Å². The molecular weight excluding hydrogens is 485 g/mol. The summed E-state index contributed by atoms with van der Waals surface area (Å²) in [5.74, 6) is 0. The Hall–Kier alpha value is -2.77. The van der Waals surface area contributed by atoms with Crippen molar-refractivity contribution < 1.29 is 8.85 Å². The third kappa shape index (κ3) is 5.73. The molecule has 5 rings (SSSR count). The molecule has 4 aromatic rings. The molecule has 1 aliphatic carbocycles. The van der Waals surface area contributed by atoms with Gasteiger partial charge in [0.05, 0.1) is 5.41 Å². The first-order valence-corrected chi connectivity index (χ1v) is 19.6. The lowest BCUT2D eigenvalue weighted by Gasteiger charge is -2.38. The quantitative estimate of drug-likeness (QED) is 0.197. The van der Waals surface area contributed by atoms with Crippen molar-refractivity contribution >= 4 is 16.6 Å². The van der Waals surface area contributed by atoms with Crippen LogP contribution in [0.5, 0.6) is 0 Å². The van der Waals surface area contributed by atoms with Crippen LogP contribution in [0.4, 0.5) is 0 Å². The van der Waals surface area contributed by atoms with Gasteiger partial charge in [-0.1, -0.05) is 109 Å². The molecule has 0 N–H and O–H groups in total. The Labute approximate surface area is 224 Å². The average molecular weight is 523 g/mol. The molecule has 0 heterocycles. The Kier molecular flexibility index (Phi) is 7.37. The van der Waals surface area contributed by atoms with Crippen molar-refractivity contribution in [1.29, 1.82) is 0 Å². The fourth-order valence-corrected chi connectivity index (χ4v) is 9.60. The predicted octanol–water partition coefficient (Wildman–Crippen LogP) is 7.96. The topological polar surface area (TPSA) is 18.5 Å². The molecule has 1 aliphatic rings. The van der Waals surface area contributed by atoms with E-state index in [1.54, 1.807) is 0 Å². The van der Waals surface area contributed by atoms with E-state index in [1.165, 1.54) is 33.4 Å². The van der Waals surface area contributed by atoms with Crippen LogP contribution >= 0.6 is 0 Å². The van der Waals surface area contributed by atoms with Crippen molar-refractivity contribution in [3.63, 3.8) is 0 Å². The van der Waals surface area contributed by atoms with E-state index in [1.807, 2.05) is 0 Å². The summed E-state index contributed by atoms with van der Waals surface area (Å²) >= 11 is 0. The van der Waals surface area contributed by atoms with Gasteiger partial charge in [0.15, 0.2) is 16.6 Å². The Morgan fingerprint density at radius 3 is 1.24 bits per heavy atom. The van der Waals surface area contributed by atoms with Gasteiger partial charge in [0, 0.05) is 13.2 Å². The van der Waals surface area contributed by atoms with Crippen molar-refractivity contribution in [2.24, 2.45) is 0 Å². The summed E-state index contributed by atoms with van der Waals surface area (Å²) in [5, 5.41) is 0. The monoisotopic (exact) mass is 522 g/mol. The van der Waals surface area contributed by atoms with Crippen LogP contribution < -0.4 is 0 Å². The van der Waals surface area contributed by atoms with E-state index < -0.39 is 16.6 Å². The third-order valence-corrected chi connectivity index (χ3v) is 11.9. The van der Waals surface area contributed by atoms with Gasteiger partial charge in [-0.15, -0.1) is 0 Å². The molecule has 0 fully saturated rings. The van der Waals surface area contributed by atoms with Crippen LogP contribution in [-0.2, 0) is 26.4 Å². The first-order chi connectivity index (χ1) is 17.8. The molecule has 0 radical (unpaired) electrons. The van der Waals surface area contributed by atoms with E-state index in [2.05, 4.69) is 135 Å². The lowest BCUT2D eigenvalue weighted by Crippen LogP contribution is -2.46. The molecule has 2 nitrogen and oxygen atoms in total. The Morgan fingerprint density at radius 2 is 0.838 bits per heavy atom. The highest BCUT2D eigenvalue weighted by atomic mass is 28.4. The summed E-state index contributed by atoms with van der Waals surface area (Å²) < 4.78 is 14.0. The molecule has 0 atom stereocenters. The number of hydrogen-bond donors (Lipinski definition) is 0. The number of fused-ring (bicyclic) bond motifs is 3. The van der Waals surface area contributed by atoms with Gasteiger partial charge >= 0.3 is 0 Å². The van der Waals surface area contributed by atoms with Crippen LogP contribution in [0.1, 0.15) is 22.3 Å². The van der Waals surface area contributed by atoms with E-state index in [0.717, 1.165) is 12.1 Å². The Bertz CT molecular complexity index is 1230. The average Bonchev–Trinajstić information content (AvgIpc) is 3.18. The molecule has 0 bridgehead atoms. The van der Waals surface area contributed by atoms with Crippen LogP contribution in [0.15, 0.2) is 109 Å². The maximum Gasteiger partial charge on any atom is 0.191 e. The van der Waals surface area contributed by atoms with Crippen molar-refractivity contribution in [3.05, 3.63) is 131 Å². The number of hydrogen-bond acceptors (Lipinski definition) is 2. The van der Waals surface area contributed by atoms with Gasteiger partial charge in [-0.2, -0.15) is 0 Å². The first kappa shape index (κ1) is 25.9. The first-order valence-electron chi connectivity index (χ1n) is 13.3. The van der Waals surface area contributed by atoms with Crippen LogP contribution in [0.25, 0.3) is 11.1 Å². The molecule has 0 spiro atoms. The second-order valence-electron chi connectivity index (χ2n) is 11.6. The lowest BCUT2D eigenvalue weighted by molar-refractivity contribution is 0.162. The molecule has 4 aromatic carbocycles. The zero-order valence-electron chi connectivity index (χ0n) is 22.5. The maximum atomic E-state index is 6.99. The van der Waals surface area contributed by atoms with E-state index in [0.29, 0.717) is 13.2 Å². The maximum absolute atomic E-state index is 6.99. The van der Waals surface area contributed by atoms with Crippen molar-refractivity contribution in [1.82, 2.24) is 0 Å². The molecule has 4 heteroatoms. The highest BCUT2D eigenvalue weighted by Crippen LogP contribution is 2.50. The van der Waals surface area contributed by atoms with Gasteiger partial charge < -0.3 is 8.85 Å². The zero-order chi connectivity index (χ0) is 25.9. The predicted molar refractivity (Wildman–Crippen MR) is 160 cm³/mol. The van der Waals surface area contributed by atoms with E-state index in [4.69, 9.17) is 8.85 Å². The smallest absolute Gasteiger partial charge is 0.191 e. The van der Waals surface area contributed by atoms with E-state index in [-0.39, 0.29) is 5.41 Å². The molecule has 37 heavy (non-hydrogen) atoms. The van der Waals surface area contributed by atoms with Gasteiger partial charge in [0.2, 0.25) is 0 Å². The highest BCUT2D eigenvalue weighted by molar-refractivity contribution is 6.71. The van der Waals surface area contributed by atoms with E-state index in [9.17, 15) is 0 Å². The van der Waals surface area contributed by atoms with Gasteiger partial charge in [0.1, 0.15) is 0 Å². The fraction of sp³-hybridized carbons (Fsp3) is 0.273. The largest absolute Gasteiger partial charge is 0.416 e. The second kappa shape index (κ2) is 10.5. The normalized spacial score (nSPS) is 14.3. The van der Waals surface area contributed by atoms with Gasteiger partial charge in [0.25, 0.3) is 0 Å². The van der Waals surface area contributed by atoms with E-state index >= 15 is 0 Å². The second-order valence-corrected chi connectivity index (χ2v) is 19.9. The summed E-state index contributed by atoms with van der Waals surface area (Å²) in [6, 6.07) is 41.3. The minimum atomic E-state index is -1.98. The molecular formula is C33H38O2Si2. The summed E-state index contributed by atoms with van der Waals surface area (Å²) in [6.45, 7) is 10.7. The Balaban J connectivity index is 1.46. The standard InChI is InChI=1S/C33H38O2Si2/c1-36(2,23-27-15-7-5-8-16-27)34-25-33(26-35-37(3,4)24-28-17-9-6-10-18-28)31-21-13-11-19-29(31)30-20-12-14-22-32(30)33/h5-22H,23-26H2,1-4H3. The van der Waals surface area contributed by atoms with Crippen LogP contribution in [0.3, 0.4) is 0 Å². The van der Waals surface area contributed by atoms with Gasteiger partial charge in [-0.05, 0) is 71.7 Å². The zero-order valence-corrected chi connectivity index (χ0v) is 24.5. The highest BCUT2D eigenvalue weighted by Gasteiger charge is 2.46. The molecule has 190 valence electrons. The lowest BCUT2D eigenvalue weighted by atomic mass is 9.80. The molecule has 0 saturated heterocycles. The molecule has 0 unspecified atom stereocenters. The summed E-state index contributed by atoms with van der Waals surface area (Å²) in [4.78, 5) is 0. The number of benzene rings is 4. The Morgan fingerprint density at radius 1 is 0.486 bits per heavy atom. The molecule has 0 aromatic heterocycles. The minimum Gasteiger partial charge on any atom is -0.416 e. The SMILES string of the molecule is C[Si](C)(Cc1ccccc1)OCC1(CO[Si](C)(C)Cc2ccccc2)c2ccccc2-c2ccccc21. The minimum absolute atomic E-state index is 0.310. The fourth-order valence-electron chi connectivity index (χ4n) is 5.68.